The van der Waals surface area contributed by atoms with Crippen LogP contribution in [0.25, 0.3) is 6.08 Å². The van der Waals surface area contributed by atoms with Crippen LogP contribution in [0.15, 0.2) is 66.7 Å². The van der Waals surface area contributed by atoms with Gasteiger partial charge < -0.3 is 9.47 Å². The lowest BCUT2D eigenvalue weighted by atomic mass is 10.1. The average molecular weight is 448 g/mol. The lowest BCUT2D eigenvalue weighted by Crippen LogP contribution is -2.00. The van der Waals surface area contributed by atoms with Gasteiger partial charge in [0, 0.05) is 11.1 Å². The van der Waals surface area contributed by atoms with Gasteiger partial charge in [-0.25, -0.2) is 0 Å². The molecule has 0 aromatic heterocycles. The molecule has 0 fully saturated rings. The third-order valence-corrected chi connectivity index (χ3v) is 5.21. The SMILES string of the molecule is COc1ccc(/C=C/C(=O)c2ccc(Cl)c(Cl)c2)cc1COc1ccccc1Cl. The van der Waals surface area contributed by atoms with Crippen LogP contribution in [0.4, 0.5) is 0 Å². The number of benzene rings is 3. The highest BCUT2D eigenvalue weighted by Gasteiger charge is 2.08. The molecular weight excluding hydrogens is 431 g/mol. The van der Waals surface area contributed by atoms with Gasteiger partial charge >= 0.3 is 0 Å². The van der Waals surface area contributed by atoms with Crippen molar-refractivity contribution in [1.29, 1.82) is 0 Å². The Labute approximate surface area is 184 Å². The lowest BCUT2D eigenvalue weighted by Gasteiger charge is -2.12. The predicted octanol–water partition coefficient (Wildman–Crippen LogP) is 7.13. The van der Waals surface area contributed by atoms with Gasteiger partial charge in [-0.15, -0.1) is 0 Å². The maximum Gasteiger partial charge on any atom is 0.185 e. The third kappa shape index (κ3) is 5.54. The van der Waals surface area contributed by atoms with E-state index < -0.39 is 0 Å². The Hall–Kier alpha value is -2.46. The fraction of sp³-hybridized carbons (Fsp3) is 0.0870. The fourth-order valence-electron chi connectivity index (χ4n) is 2.65. The van der Waals surface area contributed by atoms with Crippen molar-refractivity contribution in [2.75, 3.05) is 7.11 Å². The first-order valence-corrected chi connectivity index (χ1v) is 9.83. The van der Waals surface area contributed by atoms with Gasteiger partial charge in [0.2, 0.25) is 0 Å². The molecule has 0 saturated carbocycles. The van der Waals surface area contributed by atoms with E-state index in [1.807, 2.05) is 30.3 Å². The first-order valence-electron chi connectivity index (χ1n) is 8.69. The number of methoxy groups -OCH3 is 1. The zero-order chi connectivity index (χ0) is 20.8. The maximum atomic E-state index is 12.4. The molecule has 3 nitrogen and oxygen atoms in total. The van der Waals surface area contributed by atoms with Crippen LogP contribution in [0.1, 0.15) is 21.5 Å². The summed E-state index contributed by atoms with van der Waals surface area (Å²) < 4.78 is 11.2. The molecule has 0 spiro atoms. The summed E-state index contributed by atoms with van der Waals surface area (Å²) in [6.45, 7) is 0.273. The molecule has 0 bridgehead atoms. The van der Waals surface area contributed by atoms with Crippen LogP contribution in [0.2, 0.25) is 15.1 Å². The van der Waals surface area contributed by atoms with E-state index in [-0.39, 0.29) is 12.4 Å². The van der Waals surface area contributed by atoms with E-state index in [9.17, 15) is 4.79 Å². The number of ketones is 1. The number of allylic oxidation sites excluding steroid dienone is 1. The highest BCUT2D eigenvalue weighted by Crippen LogP contribution is 2.27. The van der Waals surface area contributed by atoms with Gasteiger partial charge in [0.25, 0.3) is 0 Å². The molecule has 0 saturated heterocycles. The van der Waals surface area contributed by atoms with Crippen LogP contribution in [0, 0.1) is 0 Å². The first-order chi connectivity index (χ1) is 14.0. The van der Waals surface area contributed by atoms with E-state index >= 15 is 0 Å². The summed E-state index contributed by atoms with van der Waals surface area (Å²) >= 11 is 18.0. The van der Waals surface area contributed by atoms with Crippen molar-refractivity contribution in [3.05, 3.63) is 98.5 Å². The molecule has 0 N–H and O–H groups in total. The summed E-state index contributed by atoms with van der Waals surface area (Å²) in [6.07, 6.45) is 3.21. The summed E-state index contributed by atoms with van der Waals surface area (Å²) in [5.41, 5.74) is 2.12. The Morgan fingerprint density at radius 2 is 1.69 bits per heavy atom. The summed E-state index contributed by atoms with van der Waals surface area (Å²) in [5.74, 6) is 1.10. The third-order valence-electron chi connectivity index (χ3n) is 4.16. The van der Waals surface area contributed by atoms with Crippen molar-refractivity contribution >= 4 is 46.7 Å². The van der Waals surface area contributed by atoms with Crippen molar-refractivity contribution in [2.24, 2.45) is 0 Å². The molecule has 29 heavy (non-hydrogen) atoms. The summed E-state index contributed by atoms with van der Waals surface area (Å²) in [7, 11) is 1.59. The maximum absolute atomic E-state index is 12.4. The first kappa shape index (κ1) is 21.3. The van der Waals surface area contributed by atoms with Gasteiger partial charge in [-0.05, 0) is 54.1 Å². The normalized spacial score (nSPS) is 10.9. The average Bonchev–Trinajstić information content (AvgIpc) is 2.73. The number of rotatable bonds is 7. The molecular formula is C23H17Cl3O3. The van der Waals surface area contributed by atoms with Gasteiger partial charge in [0.05, 0.1) is 22.2 Å². The molecule has 0 heterocycles. The van der Waals surface area contributed by atoms with Gasteiger partial charge in [0.1, 0.15) is 18.1 Å². The highest BCUT2D eigenvalue weighted by molar-refractivity contribution is 6.42. The van der Waals surface area contributed by atoms with E-state index in [0.29, 0.717) is 32.1 Å². The Balaban J connectivity index is 1.77. The molecule has 0 radical (unpaired) electrons. The lowest BCUT2D eigenvalue weighted by molar-refractivity contribution is 0.104. The number of carbonyl (C=O) groups is 1. The van der Waals surface area contributed by atoms with Crippen molar-refractivity contribution in [2.45, 2.75) is 6.61 Å². The van der Waals surface area contributed by atoms with Crippen molar-refractivity contribution in [1.82, 2.24) is 0 Å². The zero-order valence-corrected chi connectivity index (χ0v) is 17.8. The molecule has 148 valence electrons. The van der Waals surface area contributed by atoms with Crippen LogP contribution in [0.3, 0.4) is 0 Å². The van der Waals surface area contributed by atoms with Crippen LogP contribution in [0.5, 0.6) is 11.5 Å². The number of carbonyl (C=O) groups excluding carboxylic acids is 1. The summed E-state index contributed by atoms with van der Waals surface area (Å²) in [6, 6.07) is 17.6. The second-order valence-electron chi connectivity index (χ2n) is 6.12. The second-order valence-corrected chi connectivity index (χ2v) is 7.34. The number of ether oxygens (including phenoxy) is 2. The van der Waals surface area contributed by atoms with Crippen LogP contribution in [-0.2, 0) is 6.61 Å². The van der Waals surface area contributed by atoms with E-state index in [1.54, 1.807) is 43.5 Å². The Morgan fingerprint density at radius 3 is 2.41 bits per heavy atom. The second kappa shape index (κ2) is 9.84. The van der Waals surface area contributed by atoms with Gasteiger partial charge in [-0.1, -0.05) is 59.1 Å². The van der Waals surface area contributed by atoms with E-state index in [0.717, 1.165) is 11.1 Å². The Morgan fingerprint density at radius 1 is 0.897 bits per heavy atom. The van der Waals surface area contributed by atoms with Crippen molar-refractivity contribution < 1.29 is 14.3 Å². The number of para-hydroxylation sites is 1. The fourth-order valence-corrected chi connectivity index (χ4v) is 3.14. The minimum atomic E-state index is -0.173. The Bertz CT molecular complexity index is 1060. The standard InChI is InChI=1S/C23H17Cl3O3/c1-28-22-11-7-15(6-10-21(27)16-8-9-18(24)20(26)13-16)12-17(22)14-29-23-5-3-2-4-19(23)25/h2-13H,14H2,1H3/b10-6+. The topological polar surface area (TPSA) is 35.5 Å². The molecule has 3 aromatic carbocycles. The van der Waals surface area contributed by atoms with Crippen LogP contribution in [-0.4, -0.2) is 12.9 Å². The predicted molar refractivity (Wildman–Crippen MR) is 119 cm³/mol. The van der Waals surface area contributed by atoms with E-state index in [1.165, 1.54) is 6.08 Å². The van der Waals surface area contributed by atoms with Gasteiger partial charge in [-0.3, -0.25) is 4.79 Å². The van der Waals surface area contributed by atoms with Gasteiger partial charge in [-0.2, -0.15) is 0 Å². The molecule has 6 heteroatoms. The minimum absolute atomic E-state index is 0.173. The minimum Gasteiger partial charge on any atom is -0.496 e. The molecule has 0 unspecified atom stereocenters. The number of halogens is 3. The van der Waals surface area contributed by atoms with Crippen LogP contribution < -0.4 is 9.47 Å². The van der Waals surface area contributed by atoms with Crippen LogP contribution >= 0.6 is 34.8 Å². The molecule has 0 aliphatic heterocycles. The van der Waals surface area contributed by atoms with E-state index in [2.05, 4.69) is 0 Å². The molecule has 0 aliphatic carbocycles. The molecule has 0 atom stereocenters. The quantitative estimate of drug-likeness (QED) is 0.285. The zero-order valence-electron chi connectivity index (χ0n) is 15.5. The van der Waals surface area contributed by atoms with E-state index in [4.69, 9.17) is 44.3 Å². The highest BCUT2D eigenvalue weighted by atomic mass is 35.5. The largest absolute Gasteiger partial charge is 0.496 e. The van der Waals surface area contributed by atoms with Gasteiger partial charge in [0.15, 0.2) is 5.78 Å². The smallest absolute Gasteiger partial charge is 0.185 e. The van der Waals surface area contributed by atoms with Crippen molar-refractivity contribution in [3.63, 3.8) is 0 Å². The Kier molecular flexibility index (Phi) is 7.21. The molecule has 3 aromatic rings. The van der Waals surface area contributed by atoms with Crippen molar-refractivity contribution in [3.8, 4) is 11.5 Å². The summed E-state index contributed by atoms with van der Waals surface area (Å²) in [4.78, 5) is 12.4. The monoisotopic (exact) mass is 446 g/mol. The molecule has 3 rings (SSSR count). The molecule has 0 aliphatic rings. The molecule has 0 amide bonds. The summed E-state index contributed by atoms with van der Waals surface area (Å²) in [5, 5.41) is 1.29. The number of hydrogen-bond donors (Lipinski definition) is 0. The number of hydrogen-bond acceptors (Lipinski definition) is 3.